The molecular weight excluding hydrogens is 526 g/mol. The van der Waals surface area contributed by atoms with Crippen LogP contribution in [0.5, 0.6) is 5.75 Å². The van der Waals surface area contributed by atoms with Crippen molar-refractivity contribution in [3.05, 3.63) is 66.2 Å². The summed E-state index contributed by atoms with van der Waals surface area (Å²) in [6, 6.07) is 15.6. The molecule has 10 nitrogen and oxygen atoms in total. The summed E-state index contributed by atoms with van der Waals surface area (Å²) in [4.78, 5) is 50.2. The van der Waals surface area contributed by atoms with Gasteiger partial charge in [0.25, 0.3) is 5.91 Å². The van der Waals surface area contributed by atoms with E-state index in [0.717, 1.165) is 5.56 Å². The zero-order chi connectivity index (χ0) is 30.0. The van der Waals surface area contributed by atoms with E-state index in [9.17, 15) is 29.4 Å². The number of nitrogens with one attached hydrogen (secondary N) is 3. The maximum atomic E-state index is 13.0. The third-order valence-electron chi connectivity index (χ3n) is 7.40. The van der Waals surface area contributed by atoms with Crippen LogP contribution in [0, 0.1) is 17.3 Å². The lowest BCUT2D eigenvalue weighted by Gasteiger charge is -2.28. The van der Waals surface area contributed by atoms with Crippen molar-refractivity contribution < 1.29 is 34.1 Å². The molecule has 0 heterocycles. The Morgan fingerprint density at radius 1 is 0.976 bits per heavy atom. The zero-order valence-corrected chi connectivity index (χ0v) is 23.8. The van der Waals surface area contributed by atoms with Crippen molar-refractivity contribution in [3.8, 4) is 5.75 Å². The summed E-state index contributed by atoms with van der Waals surface area (Å²) < 4.78 is 5.36. The fraction of sp³-hybridized carbons (Fsp3) is 0.484. The zero-order valence-electron chi connectivity index (χ0n) is 23.8. The highest BCUT2D eigenvalue weighted by Crippen LogP contribution is 2.56. The lowest BCUT2D eigenvalue weighted by atomic mass is 9.89. The van der Waals surface area contributed by atoms with Crippen molar-refractivity contribution in [2.75, 3.05) is 13.2 Å². The number of hydrogen-bond acceptors (Lipinski definition) is 6. The smallest absolute Gasteiger partial charge is 0.326 e. The van der Waals surface area contributed by atoms with Crippen molar-refractivity contribution in [2.45, 2.75) is 64.6 Å². The number of carbonyl (C=O) groups excluding carboxylic acids is 3. The molecule has 0 aromatic heterocycles. The maximum Gasteiger partial charge on any atom is 0.326 e. The molecule has 5 atom stereocenters. The van der Waals surface area contributed by atoms with Crippen LogP contribution in [0.1, 0.15) is 45.6 Å². The molecule has 0 bridgehead atoms. The molecule has 1 fully saturated rings. The number of carbonyl (C=O) groups is 4. The first-order valence-corrected chi connectivity index (χ1v) is 14.0. The molecule has 0 radical (unpaired) electrons. The lowest BCUT2D eigenvalue weighted by Crippen LogP contribution is -2.50. The summed E-state index contributed by atoms with van der Waals surface area (Å²) in [6.07, 6.45) is -0.530. The van der Waals surface area contributed by atoms with E-state index < -0.39 is 54.4 Å². The van der Waals surface area contributed by atoms with Gasteiger partial charge in [0.15, 0.2) is 6.61 Å². The molecule has 3 amide bonds. The van der Waals surface area contributed by atoms with Crippen LogP contribution in [0.4, 0.5) is 0 Å². The number of aliphatic hydroxyl groups excluding tert-OH is 1. The molecule has 2 aromatic carbocycles. The number of para-hydroxylation sites is 1. The molecule has 222 valence electrons. The number of aliphatic carboxylic acids is 1. The average Bonchev–Trinajstić information content (AvgIpc) is 3.60. The van der Waals surface area contributed by atoms with E-state index >= 15 is 0 Å². The molecule has 1 aliphatic rings. The highest BCUT2D eigenvalue weighted by molar-refractivity contribution is 5.89. The summed E-state index contributed by atoms with van der Waals surface area (Å²) in [5.74, 6) is -1.99. The molecule has 3 rings (SSSR count). The Hall–Kier alpha value is -3.92. The van der Waals surface area contributed by atoms with Crippen LogP contribution in [-0.2, 0) is 25.6 Å². The van der Waals surface area contributed by atoms with Gasteiger partial charge in [-0.15, -0.1) is 0 Å². The van der Waals surface area contributed by atoms with E-state index in [1.54, 1.807) is 30.3 Å². The second kappa shape index (κ2) is 14.6. The minimum Gasteiger partial charge on any atom is -0.484 e. The lowest BCUT2D eigenvalue weighted by molar-refractivity contribution is -0.144. The molecule has 1 unspecified atom stereocenters. The van der Waals surface area contributed by atoms with E-state index in [4.69, 9.17) is 4.74 Å². The first kappa shape index (κ1) is 31.6. The third-order valence-corrected chi connectivity index (χ3v) is 7.40. The number of benzene rings is 2. The van der Waals surface area contributed by atoms with Gasteiger partial charge in [-0.05, 0) is 48.8 Å². The number of amides is 3. The molecule has 1 saturated carbocycles. The van der Waals surface area contributed by atoms with Crippen LogP contribution >= 0.6 is 0 Å². The second-order valence-electron chi connectivity index (χ2n) is 11.3. The van der Waals surface area contributed by atoms with Crippen LogP contribution in [0.25, 0.3) is 0 Å². The first-order chi connectivity index (χ1) is 19.5. The number of carboxylic acids is 1. The Labute approximate surface area is 240 Å². The average molecular weight is 568 g/mol. The van der Waals surface area contributed by atoms with Crippen LogP contribution in [0.2, 0.25) is 0 Å². The van der Waals surface area contributed by atoms with Gasteiger partial charge in [-0.25, -0.2) is 4.79 Å². The first-order valence-electron chi connectivity index (χ1n) is 14.0. The minimum absolute atomic E-state index is 0.0853. The quantitative estimate of drug-likeness (QED) is 0.209. The molecule has 1 aliphatic carbocycles. The summed E-state index contributed by atoms with van der Waals surface area (Å²) in [5, 5.41) is 29.0. The van der Waals surface area contributed by atoms with Crippen molar-refractivity contribution >= 4 is 23.7 Å². The van der Waals surface area contributed by atoms with Crippen molar-refractivity contribution in [2.24, 2.45) is 17.3 Å². The van der Waals surface area contributed by atoms with Gasteiger partial charge in [0.1, 0.15) is 11.8 Å². The van der Waals surface area contributed by atoms with E-state index in [2.05, 4.69) is 16.0 Å². The van der Waals surface area contributed by atoms with Crippen LogP contribution < -0.4 is 20.7 Å². The highest BCUT2D eigenvalue weighted by atomic mass is 16.5. The Morgan fingerprint density at radius 2 is 1.59 bits per heavy atom. The fourth-order valence-corrected chi connectivity index (χ4v) is 4.87. The summed E-state index contributed by atoms with van der Waals surface area (Å²) in [5.41, 5.74) is 0.143. The van der Waals surface area contributed by atoms with Gasteiger partial charge in [0.2, 0.25) is 11.8 Å². The SMILES string of the molecule is CC(C)CNC(=O)C1(C[C@H](O)[C@H](Cc2ccccc2)NC(=O)C[C@H](NC(=O)COc2ccccc2)C(=O)O)C[C@H]1C. The van der Waals surface area contributed by atoms with E-state index in [-0.39, 0.29) is 30.6 Å². The molecular formula is C31H41N3O7. The summed E-state index contributed by atoms with van der Waals surface area (Å²) >= 11 is 0. The number of hydrogen-bond donors (Lipinski definition) is 5. The maximum absolute atomic E-state index is 13.0. The van der Waals surface area contributed by atoms with Crippen molar-refractivity contribution in [3.63, 3.8) is 0 Å². The predicted molar refractivity (Wildman–Crippen MR) is 153 cm³/mol. The molecule has 41 heavy (non-hydrogen) atoms. The van der Waals surface area contributed by atoms with Gasteiger partial charge in [-0.1, -0.05) is 69.3 Å². The van der Waals surface area contributed by atoms with E-state index in [1.165, 1.54) is 0 Å². The topological polar surface area (TPSA) is 154 Å². The molecule has 2 aromatic rings. The standard InChI is InChI=1S/C31H41N3O7/c1-20(2)18-32-30(40)31(16-21(31)3)17-26(35)24(14-22-10-6-4-7-11-22)33-27(36)15-25(29(38)39)34-28(37)19-41-23-12-8-5-9-13-23/h4-13,20-21,24-26,35H,14-19H2,1-3H3,(H,32,40)(H,33,36)(H,34,37)(H,38,39)/t21-,24+,25+,26+,31?/m1/s1. The monoisotopic (exact) mass is 567 g/mol. The second-order valence-corrected chi connectivity index (χ2v) is 11.3. The Balaban J connectivity index is 1.65. The van der Waals surface area contributed by atoms with Gasteiger partial charge in [0.05, 0.1) is 24.0 Å². The molecule has 5 N–H and O–H groups in total. The highest BCUT2D eigenvalue weighted by Gasteiger charge is 2.58. The van der Waals surface area contributed by atoms with Gasteiger partial charge < -0.3 is 30.9 Å². The number of aliphatic hydroxyl groups is 1. The molecule has 0 aliphatic heterocycles. The number of ether oxygens (including phenoxy) is 1. The van der Waals surface area contributed by atoms with Gasteiger partial charge in [-0.3, -0.25) is 14.4 Å². The van der Waals surface area contributed by atoms with Gasteiger partial charge >= 0.3 is 5.97 Å². The number of carboxylic acid groups (broad SMARTS) is 1. The van der Waals surface area contributed by atoms with Gasteiger partial charge in [0, 0.05) is 6.54 Å². The van der Waals surface area contributed by atoms with Gasteiger partial charge in [-0.2, -0.15) is 0 Å². The predicted octanol–water partition coefficient (Wildman–Crippen LogP) is 2.30. The normalized spacial score (nSPS) is 19.9. The molecule has 0 spiro atoms. The number of rotatable bonds is 16. The van der Waals surface area contributed by atoms with Crippen LogP contribution in [0.3, 0.4) is 0 Å². The van der Waals surface area contributed by atoms with E-state index in [0.29, 0.717) is 18.7 Å². The van der Waals surface area contributed by atoms with E-state index in [1.807, 2.05) is 51.1 Å². The third kappa shape index (κ3) is 9.60. The summed E-state index contributed by atoms with van der Waals surface area (Å²) in [6.45, 7) is 6.10. The van der Waals surface area contributed by atoms with Crippen molar-refractivity contribution in [1.29, 1.82) is 0 Å². The fourth-order valence-electron chi connectivity index (χ4n) is 4.87. The Kier molecular flexibility index (Phi) is 11.3. The van der Waals surface area contributed by atoms with Crippen LogP contribution in [-0.4, -0.2) is 65.2 Å². The Morgan fingerprint density at radius 3 is 2.15 bits per heavy atom. The minimum atomic E-state index is -1.49. The van der Waals surface area contributed by atoms with Crippen molar-refractivity contribution in [1.82, 2.24) is 16.0 Å². The molecule has 10 heteroatoms. The van der Waals surface area contributed by atoms with Crippen LogP contribution in [0.15, 0.2) is 60.7 Å². The largest absolute Gasteiger partial charge is 0.484 e. The molecule has 0 saturated heterocycles. The summed E-state index contributed by atoms with van der Waals surface area (Å²) in [7, 11) is 0. The Bertz CT molecular complexity index is 1170.